The molecule has 2 nitrogen and oxygen atoms in total. The zero-order chi connectivity index (χ0) is 28.1. The normalized spacial score (nSPS) is 23.9. The molecule has 2 unspecified atom stereocenters. The molecule has 2 aliphatic carbocycles. The van der Waals surface area contributed by atoms with Crippen LogP contribution in [0.3, 0.4) is 0 Å². The van der Waals surface area contributed by atoms with Crippen LogP contribution in [0.1, 0.15) is 75.6 Å². The molecule has 8 rings (SSSR count). The fraction of sp³-hybridized carbons (Fsp3) is 0.308. The number of nitrogens with zero attached hydrogens (tertiary/aromatic N) is 2. The van der Waals surface area contributed by atoms with Crippen LogP contribution in [0.15, 0.2) is 84.9 Å². The summed E-state index contributed by atoms with van der Waals surface area (Å²) < 4.78 is 0. The van der Waals surface area contributed by atoms with Gasteiger partial charge in [0.25, 0.3) is 0 Å². The molecular formula is C39H36N2. The molecule has 202 valence electrons. The van der Waals surface area contributed by atoms with Gasteiger partial charge in [-0.2, -0.15) is 5.26 Å². The van der Waals surface area contributed by atoms with E-state index in [4.69, 9.17) is 0 Å². The van der Waals surface area contributed by atoms with Crippen LogP contribution < -0.4 is 4.90 Å². The summed E-state index contributed by atoms with van der Waals surface area (Å²) in [7, 11) is 0. The zero-order valence-electron chi connectivity index (χ0n) is 24.5. The van der Waals surface area contributed by atoms with Gasteiger partial charge in [0.2, 0.25) is 0 Å². The molecule has 0 aromatic heterocycles. The van der Waals surface area contributed by atoms with Gasteiger partial charge in [-0.3, -0.25) is 0 Å². The molecule has 1 aliphatic heterocycles. The number of anilines is 2. The molecule has 2 atom stereocenters. The lowest BCUT2D eigenvalue weighted by molar-refractivity contribution is 0.0862. The molecule has 0 saturated heterocycles. The quantitative estimate of drug-likeness (QED) is 0.201. The van der Waals surface area contributed by atoms with Crippen molar-refractivity contribution in [3.8, 4) is 17.2 Å². The Hall–Kier alpha value is -4.09. The summed E-state index contributed by atoms with van der Waals surface area (Å²) >= 11 is 0. The highest BCUT2D eigenvalue weighted by Gasteiger charge is 2.54. The Morgan fingerprint density at radius 3 is 2.39 bits per heavy atom. The second-order valence-electron chi connectivity index (χ2n) is 13.7. The average Bonchev–Trinajstić information content (AvgIpc) is 3.21. The Morgan fingerprint density at radius 1 is 0.732 bits per heavy atom. The molecule has 41 heavy (non-hydrogen) atoms. The molecule has 1 saturated carbocycles. The molecule has 0 radical (unpaired) electrons. The predicted molar refractivity (Wildman–Crippen MR) is 171 cm³/mol. The molecular weight excluding hydrogens is 496 g/mol. The van der Waals surface area contributed by atoms with Crippen molar-refractivity contribution < 1.29 is 0 Å². The van der Waals surface area contributed by atoms with Gasteiger partial charge in [-0.05, 0) is 111 Å². The molecule has 0 spiro atoms. The van der Waals surface area contributed by atoms with Crippen LogP contribution >= 0.6 is 0 Å². The fourth-order valence-corrected chi connectivity index (χ4v) is 8.79. The summed E-state index contributed by atoms with van der Waals surface area (Å²) in [5, 5.41) is 15.0. The van der Waals surface area contributed by atoms with Crippen molar-refractivity contribution in [3.63, 3.8) is 0 Å². The SMILES string of the molecule is CC1(C)c2cc(N3c4ccc(C#N)cc4CC4(C)CCCCC34C)ccc2-c2c1ccc1c2ccc2ccccc21. The first-order valence-corrected chi connectivity index (χ1v) is 15.2. The third-order valence-electron chi connectivity index (χ3n) is 11.3. The molecule has 1 fully saturated rings. The van der Waals surface area contributed by atoms with Gasteiger partial charge in [-0.1, -0.05) is 88.2 Å². The molecule has 0 bridgehead atoms. The highest BCUT2D eigenvalue weighted by Crippen LogP contribution is 2.59. The van der Waals surface area contributed by atoms with E-state index in [2.05, 4.69) is 118 Å². The van der Waals surface area contributed by atoms with E-state index in [9.17, 15) is 5.26 Å². The van der Waals surface area contributed by atoms with Crippen LogP contribution in [0.25, 0.3) is 32.7 Å². The van der Waals surface area contributed by atoms with E-state index < -0.39 is 0 Å². The smallest absolute Gasteiger partial charge is 0.0991 e. The maximum Gasteiger partial charge on any atom is 0.0991 e. The van der Waals surface area contributed by atoms with E-state index in [1.807, 2.05) is 6.07 Å². The van der Waals surface area contributed by atoms with Crippen molar-refractivity contribution in [2.75, 3.05) is 4.90 Å². The Bertz CT molecular complexity index is 1960. The van der Waals surface area contributed by atoms with E-state index in [1.54, 1.807) is 0 Å². The molecule has 0 N–H and O–H groups in total. The Kier molecular flexibility index (Phi) is 4.96. The minimum atomic E-state index is -0.0967. The van der Waals surface area contributed by atoms with E-state index >= 15 is 0 Å². The van der Waals surface area contributed by atoms with Gasteiger partial charge in [0, 0.05) is 22.3 Å². The number of hydrogen-bond acceptors (Lipinski definition) is 2. The van der Waals surface area contributed by atoms with Crippen LogP contribution in [0.5, 0.6) is 0 Å². The van der Waals surface area contributed by atoms with E-state index in [0.717, 1.165) is 12.0 Å². The predicted octanol–water partition coefficient (Wildman–Crippen LogP) is 10.2. The first-order chi connectivity index (χ1) is 19.7. The number of nitriles is 1. The maximum atomic E-state index is 9.69. The van der Waals surface area contributed by atoms with Crippen molar-refractivity contribution in [2.24, 2.45) is 5.41 Å². The van der Waals surface area contributed by atoms with Gasteiger partial charge in [0.05, 0.1) is 11.6 Å². The standard InChI is InChI=1S/C39H36N2/c1-37(2)33-17-16-30-29-10-6-5-9-26(29)12-14-31(30)36(33)32-15-13-28(22-34(32)37)41-35-18-11-25(24-40)21-27(35)23-38(3)19-7-8-20-39(38,41)4/h5-6,9-18,21-22H,7-8,19-20,23H2,1-4H3. The van der Waals surface area contributed by atoms with Crippen LogP contribution in [-0.2, 0) is 11.8 Å². The Morgan fingerprint density at radius 2 is 1.54 bits per heavy atom. The van der Waals surface area contributed by atoms with Gasteiger partial charge in [-0.15, -0.1) is 0 Å². The fourth-order valence-electron chi connectivity index (χ4n) is 8.79. The second-order valence-corrected chi connectivity index (χ2v) is 13.7. The summed E-state index contributed by atoms with van der Waals surface area (Å²) in [5.74, 6) is 0. The van der Waals surface area contributed by atoms with E-state index in [-0.39, 0.29) is 16.4 Å². The average molecular weight is 533 g/mol. The van der Waals surface area contributed by atoms with Gasteiger partial charge in [0.1, 0.15) is 0 Å². The Labute approximate surface area is 243 Å². The number of benzene rings is 5. The molecule has 0 amide bonds. The monoisotopic (exact) mass is 532 g/mol. The zero-order valence-corrected chi connectivity index (χ0v) is 24.5. The molecule has 2 heteroatoms. The van der Waals surface area contributed by atoms with Crippen LogP contribution in [-0.4, -0.2) is 5.54 Å². The summed E-state index contributed by atoms with van der Waals surface area (Å²) in [4.78, 5) is 2.66. The number of rotatable bonds is 1. The largest absolute Gasteiger partial charge is 0.335 e. The van der Waals surface area contributed by atoms with Crippen molar-refractivity contribution in [3.05, 3.63) is 107 Å². The minimum Gasteiger partial charge on any atom is -0.335 e. The third kappa shape index (κ3) is 3.18. The summed E-state index contributed by atoms with van der Waals surface area (Å²) in [5.41, 5.74) is 10.3. The maximum absolute atomic E-state index is 9.69. The van der Waals surface area contributed by atoms with E-state index in [0.29, 0.717) is 0 Å². The summed E-state index contributed by atoms with van der Waals surface area (Å²) in [6, 6.07) is 34.1. The lowest BCUT2D eigenvalue weighted by atomic mass is 9.57. The topological polar surface area (TPSA) is 27.0 Å². The second kappa shape index (κ2) is 8.23. The minimum absolute atomic E-state index is 0.0157. The van der Waals surface area contributed by atoms with Crippen LogP contribution in [0, 0.1) is 16.7 Å². The molecule has 3 aliphatic rings. The lowest BCUT2D eigenvalue weighted by Gasteiger charge is -2.60. The summed E-state index contributed by atoms with van der Waals surface area (Å²) in [6.45, 7) is 9.78. The highest BCUT2D eigenvalue weighted by molar-refractivity contribution is 6.14. The van der Waals surface area contributed by atoms with Gasteiger partial charge < -0.3 is 4.90 Å². The molecule has 5 aromatic carbocycles. The van der Waals surface area contributed by atoms with Crippen LogP contribution in [0.4, 0.5) is 11.4 Å². The van der Waals surface area contributed by atoms with Crippen molar-refractivity contribution in [1.82, 2.24) is 0 Å². The number of fused-ring (bicyclic) bond motifs is 9. The molecule has 5 aromatic rings. The van der Waals surface area contributed by atoms with E-state index in [1.165, 1.54) is 86.4 Å². The Balaban J connectivity index is 1.35. The third-order valence-corrected chi connectivity index (χ3v) is 11.3. The lowest BCUT2D eigenvalue weighted by Crippen LogP contribution is -2.60. The van der Waals surface area contributed by atoms with Crippen molar-refractivity contribution >= 4 is 32.9 Å². The highest BCUT2D eigenvalue weighted by atomic mass is 15.2. The van der Waals surface area contributed by atoms with Crippen LogP contribution in [0.2, 0.25) is 0 Å². The van der Waals surface area contributed by atoms with Gasteiger partial charge in [-0.25, -0.2) is 0 Å². The summed E-state index contributed by atoms with van der Waals surface area (Å²) in [6.07, 6.45) is 5.98. The number of hydrogen-bond donors (Lipinski definition) is 0. The molecule has 1 heterocycles. The first-order valence-electron chi connectivity index (χ1n) is 15.2. The van der Waals surface area contributed by atoms with Gasteiger partial charge >= 0.3 is 0 Å². The van der Waals surface area contributed by atoms with Crippen molar-refractivity contribution in [1.29, 1.82) is 5.26 Å². The van der Waals surface area contributed by atoms with Gasteiger partial charge in [0.15, 0.2) is 0 Å². The first kappa shape index (κ1) is 24.7. The van der Waals surface area contributed by atoms with Crippen molar-refractivity contribution in [2.45, 2.75) is 70.8 Å².